The minimum Gasteiger partial charge on any atom is -0.468 e. The summed E-state index contributed by atoms with van der Waals surface area (Å²) in [5.41, 5.74) is -0.597. The van der Waals surface area contributed by atoms with Gasteiger partial charge in [0.25, 0.3) is 0 Å². The summed E-state index contributed by atoms with van der Waals surface area (Å²) in [6.45, 7) is 5.31. The van der Waals surface area contributed by atoms with Crippen molar-refractivity contribution in [1.29, 1.82) is 0 Å². The molecule has 0 unspecified atom stereocenters. The molecule has 5 nitrogen and oxygen atoms in total. The molecule has 0 aromatic heterocycles. The van der Waals surface area contributed by atoms with Crippen LogP contribution in [-0.2, 0) is 19.6 Å². The van der Waals surface area contributed by atoms with Crippen molar-refractivity contribution in [1.82, 2.24) is 4.72 Å². The minimum atomic E-state index is -3.79. The summed E-state index contributed by atoms with van der Waals surface area (Å²) >= 11 is 1.94. The van der Waals surface area contributed by atoms with Gasteiger partial charge in [0.05, 0.1) is 12.0 Å². The Morgan fingerprint density at radius 2 is 1.85 bits per heavy atom. The SMILES string of the molecule is COC(=O)[C@@H](NS(=O)(=O)c1ccccc1I)C(C)(C)C. The first-order chi connectivity index (χ1) is 9.09. The number of halogens is 1. The van der Waals surface area contributed by atoms with Crippen LogP contribution < -0.4 is 4.72 Å². The number of rotatable bonds is 4. The number of hydrogen-bond acceptors (Lipinski definition) is 4. The van der Waals surface area contributed by atoms with Crippen LogP contribution in [0.5, 0.6) is 0 Å². The molecule has 0 saturated heterocycles. The topological polar surface area (TPSA) is 72.5 Å². The van der Waals surface area contributed by atoms with Crippen LogP contribution in [0.3, 0.4) is 0 Å². The molecule has 0 fully saturated rings. The lowest BCUT2D eigenvalue weighted by Gasteiger charge is -2.28. The van der Waals surface area contributed by atoms with Gasteiger partial charge < -0.3 is 4.74 Å². The van der Waals surface area contributed by atoms with Crippen molar-refractivity contribution in [3.63, 3.8) is 0 Å². The Hall–Kier alpha value is -0.670. The summed E-state index contributed by atoms with van der Waals surface area (Å²) in [6, 6.07) is 5.64. The van der Waals surface area contributed by atoms with Crippen molar-refractivity contribution in [2.75, 3.05) is 7.11 Å². The second-order valence-corrected chi connectivity index (χ2v) is 8.22. The van der Waals surface area contributed by atoms with E-state index in [1.54, 1.807) is 39.0 Å². The Labute approximate surface area is 133 Å². The van der Waals surface area contributed by atoms with Gasteiger partial charge in [-0.25, -0.2) is 8.42 Å². The molecule has 0 amide bonds. The quantitative estimate of drug-likeness (QED) is 0.609. The Bertz CT molecular complexity index is 593. The lowest BCUT2D eigenvalue weighted by Crippen LogP contribution is -2.49. The zero-order valence-corrected chi connectivity index (χ0v) is 14.8. The summed E-state index contributed by atoms with van der Waals surface area (Å²) in [5.74, 6) is -0.605. The zero-order valence-electron chi connectivity index (χ0n) is 11.8. The number of benzene rings is 1. The van der Waals surface area contributed by atoms with E-state index in [4.69, 9.17) is 0 Å². The summed E-state index contributed by atoms with van der Waals surface area (Å²) in [4.78, 5) is 12.0. The maximum absolute atomic E-state index is 12.4. The van der Waals surface area contributed by atoms with Crippen molar-refractivity contribution < 1.29 is 17.9 Å². The number of carbonyl (C=O) groups excluding carboxylic acids is 1. The van der Waals surface area contributed by atoms with Crippen molar-refractivity contribution in [3.05, 3.63) is 27.8 Å². The summed E-state index contributed by atoms with van der Waals surface area (Å²) in [7, 11) is -2.55. The Balaban J connectivity index is 3.17. The van der Waals surface area contributed by atoms with Crippen LogP contribution >= 0.6 is 22.6 Å². The first-order valence-corrected chi connectivity index (χ1v) is 8.50. The Morgan fingerprint density at radius 1 is 1.30 bits per heavy atom. The number of nitrogens with one attached hydrogen (secondary N) is 1. The summed E-state index contributed by atoms with van der Waals surface area (Å²) in [6.07, 6.45) is 0. The normalized spacial score (nSPS) is 13.8. The van der Waals surface area contributed by atoms with Crippen LogP contribution in [0.2, 0.25) is 0 Å². The Kier molecular flexibility index (Phi) is 5.56. The standard InChI is InChI=1S/C13H18INO4S/c1-13(2,3)11(12(16)19-4)15-20(17,18)10-8-6-5-7-9(10)14/h5-8,11,15H,1-4H3/t11-/m1/s1. The van der Waals surface area contributed by atoms with E-state index in [2.05, 4.69) is 9.46 Å². The number of hydrogen-bond donors (Lipinski definition) is 1. The Morgan fingerprint density at radius 3 is 2.30 bits per heavy atom. The van der Waals surface area contributed by atoms with Crippen molar-refractivity contribution >= 4 is 38.6 Å². The number of sulfonamides is 1. The molecule has 1 aromatic carbocycles. The molecule has 0 spiro atoms. The van der Waals surface area contributed by atoms with Crippen molar-refractivity contribution in [2.24, 2.45) is 5.41 Å². The largest absolute Gasteiger partial charge is 0.468 e. The van der Waals surface area contributed by atoms with Gasteiger partial charge in [-0.05, 0) is 40.1 Å². The van der Waals surface area contributed by atoms with E-state index < -0.39 is 27.4 Å². The number of ether oxygens (including phenoxy) is 1. The molecule has 1 rings (SSSR count). The maximum atomic E-state index is 12.4. The molecule has 1 N–H and O–H groups in total. The molecule has 0 aliphatic heterocycles. The molecule has 0 heterocycles. The number of methoxy groups -OCH3 is 1. The maximum Gasteiger partial charge on any atom is 0.324 e. The first kappa shape index (κ1) is 17.4. The average Bonchev–Trinajstić information content (AvgIpc) is 2.34. The highest BCUT2D eigenvalue weighted by Gasteiger charge is 2.36. The summed E-state index contributed by atoms with van der Waals surface area (Å²) in [5, 5.41) is 0. The van der Waals surface area contributed by atoms with Gasteiger partial charge in [-0.1, -0.05) is 32.9 Å². The smallest absolute Gasteiger partial charge is 0.324 e. The van der Waals surface area contributed by atoms with E-state index in [9.17, 15) is 13.2 Å². The molecule has 112 valence electrons. The first-order valence-electron chi connectivity index (χ1n) is 5.94. The van der Waals surface area contributed by atoms with E-state index in [0.29, 0.717) is 3.57 Å². The highest BCUT2D eigenvalue weighted by Crippen LogP contribution is 2.24. The molecule has 0 aliphatic rings. The van der Waals surface area contributed by atoms with Crippen LogP contribution in [0.25, 0.3) is 0 Å². The van der Waals surface area contributed by atoms with Gasteiger partial charge in [-0.2, -0.15) is 4.72 Å². The molecule has 7 heteroatoms. The predicted octanol–water partition coefficient (Wildman–Crippen LogP) is 2.16. The monoisotopic (exact) mass is 411 g/mol. The van der Waals surface area contributed by atoms with Gasteiger partial charge in [0.2, 0.25) is 10.0 Å². The van der Waals surface area contributed by atoms with E-state index >= 15 is 0 Å². The molecule has 1 atom stereocenters. The van der Waals surface area contributed by atoms with Crippen molar-refractivity contribution in [2.45, 2.75) is 31.7 Å². The fourth-order valence-corrected chi connectivity index (χ4v) is 4.30. The molecule has 0 aliphatic carbocycles. The molecule has 0 saturated carbocycles. The van der Waals surface area contributed by atoms with Gasteiger partial charge in [-0.3, -0.25) is 4.79 Å². The molecule has 0 bridgehead atoms. The van der Waals surface area contributed by atoms with E-state index in [0.717, 1.165) is 0 Å². The van der Waals surface area contributed by atoms with E-state index in [-0.39, 0.29) is 4.90 Å². The minimum absolute atomic E-state index is 0.152. The van der Waals surface area contributed by atoms with Crippen LogP contribution in [0.15, 0.2) is 29.2 Å². The van der Waals surface area contributed by atoms with Crippen molar-refractivity contribution in [3.8, 4) is 0 Å². The van der Waals surface area contributed by atoms with Gasteiger partial charge >= 0.3 is 5.97 Å². The van der Waals surface area contributed by atoms with Gasteiger partial charge in [-0.15, -0.1) is 0 Å². The van der Waals surface area contributed by atoms with Gasteiger partial charge in [0.15, 0.2) is 0 Å². The van der Waals surface area contributed by atoms with Gasteiger partial charge in [0.1, 0.15) is 6.04 Å². The summed E-state index contributed by atoms with van der Waals surface area (Å²) < 4.78 is 32.5. The van der Waals surface area contributed by atoms with Crippen LogP contribution in [0.4, 0.5) is 0 Å². The van der Waals surface area contributed by atoms with E-state index in [1.807, 2.05) is 22.6 Å². The van der Waals surface area contributed by atoms with Gasteiger partial charge in [0, 0.05) is 3.57 Å². The number of carbonyl (C=O) groups is 1. The zero-order chi connectivity index (χ0) is 15.6. The number of esters is 1. The molecule has 1 aromatic rings. The van der Waals surface area contributed by atoms with E-state index in [1.165, 1.54) is 13.2 Å². The average molecular weight is 411 g/mol. The van der Waals surface area contributed by atoms with Crippen LogP contribution in [0, 0.1) is 8.99 Å². The predicted molar refractivity (Wildman–Crippen MR) is 84.7 cm³/mol. The van der Waals surface area contributed by atoms with Crippen LogP contribution in [-0.4, -0.2) is 27.5 Å². The third-order valence-electron chi connectivity index (χ3n) is 2.70. The second-order valence-electron chi connectivity index (χ2n) is 5.37. The third-order valence-corrected chi connectivity index (χ3v) is 5.49. The lowest BCUT2D eigenvalue weighted by molar-refractivity contribution is -0.145. The highest BCUT2D eigenvalue weighted by atomic mass is 127. The molecular weight excluding hydrogens is 393 g/mol. The fraction of sp³-hybridized carbons (Fsp3) is 0.462. The van der Waals surface area contributed by atoms with Crippen LogP contribution in [0.1, 0.15) is 20.8 Å². The fourth-order valence-electron chi connectivity index (χ4n) is 1.58. The molecular formula is C13H18INO4S. The lowest BCUT2D eigenvalue weighted by atomic mass is 9.87. The third kappa shape index (κ3) is 4.16. The molecule has 20 heavy (non-hydrogen) atoms. The molecule has 0 radical (unpaired) electrons. The highest BCUT2D eigenvalue weighted by molar-refractivity contribution is 14.1. The second kappa shape index (κ2) is 6.40.